The first-order valence-corrected chi connectivity index (χ1v) is 3.02. The van der Waals surface area contributed by atoms with Crippen LogP contribution in [0.3, 0.4) is 0 Å². The van der Waals surface area contributed by atoms with E-state index in [1.54, 1.807) is 5.80 Å². The van der Waals surface area contributed by atoms with E-state index in [0.29, 0.717) is 0 Å². The highest BCUT2D eigenvalue weighted by molar-refractivity contribution is 7.21. The number of rotatable bonds is 0. The minimum Gasteiger partial charge on any atom is -0.505 e. The molecule has 1 aromatic heterocycles. The van der Waals surface area contributed by atoms with E-state index in [-0.39, 0.29) is 14.2 Å². The van der Waals surface area contributed by atoms with Crippen LogP contribution in [0.15, 0.2) is 27.1 Å². The van der Waals surface area contributed by atoms with Crippen molar-refractivity contribution in [3.63, 3.8) is 0 Å². The Morgan fingerprint density at radius 2 is 2.50 bits per heavy atom. The first kappa shape index (κ1) is 5.32. The van der Waals surface area contributed by atoms with Crippen LogP contribution in [-0.4, -0.2) is 5.11 Å². The molecule has 0 bridgehead atoms. The van der Waals surface area contributed by atoms with Crippen LogP contribution < -0.4 is 0 Å². The lowest BCUT2D eigenvalue weighted by atomic mass is 10.6. The van der Waals surface area contributed by atoms with Gasteiger partial charge in [0, 0.05) is 0 Å². The van der Waals surface area contributed by atoms with Crippen LogP contribution in [0.4, 0.5) is 0 Å². The van der Waals surface area contributed by atoms with Crippen LogP contribution in [0.25, 0.3) is 0 Å². The van der Waals surface area contributed by atoms with Crippen molar-refractivity contribution >= 4 is 8.43 Å². The Morgan fingerprint density at radius 3 is 3.38 bits per heavy atom. The van der Waals surface area contributed by atoms with Gasteiger partial charge in [0.2, 0.25) is 0 Å². The van der Waals surface area contributed by atoms with Crippen molar-refractivity contribution in [1.82, 2.24) is 0 Å². The van der Waals surface area contributed by atoms with Crippen molar-refractivity contribution in [3.05, 3.63) is 18.1 Å². The summed E-state index contributed by atoms with van der Waals surface area (Å²) >= 11 is 0. The van der Waals surface area contributed by atoms with Gasteiger partial charge in [-0.1, -0.05) is 0 Å². The van der Waals surface area contributed by atoms with Crippen molar-refractivity contribution in [3.8, 4) is 5.75 Å². The predicted molar refractivity (Wildman–Crippen MR) is 29.8 cm³/mol. The molecule has 4 heteroatoms. The molecule has 0 saturated carbocycles. The van der Waals surface area contributed by atoms with Gasteiger partial charge in [-0.2, -0.15) is 0 Å². The highest BCUT2D eigenvalue weighted by atomic mass is 31.1. The third-order valence-corrected chi connectivity index (χ3v) is 1.08. The third kappa shape index (κ3) is 1.35. The van der Waals surface area contributed by atoms with Gasteiger partial charge in [-0.05, 0) is 11.9 Å². The van der Waals surface area contributed by atoms with E-state index in [2.05, 4.69) is 8.93 Å². The molecule has 0 aliphatic carbocycles. The highest BCUT2D eigenvalue weighted by Crippen LogP contribution is 2.08. The molecule has 0 spiro atoms. The molecule has 1 N–H and O–H groups in total. The van der Waals surface area contributed by atoms with Gasteiger partial charge in [0.05, 0.1) is 8.43 Å². The summed E-state index contributed by atoms with van der Waals surface area (Å²) in [5.41, 5.74) is 0. The van der Waals surface area contributed by atoms with E-state index in [1.165, 1.54) is 6.07 Å². The van der Waals surface area contributed by atoms with Crippen LogP contribution in [0, 0.1) is 0 Å². The topological polar surface area (TPSA) is 46.5 Å². The van der Waals surface area contributed by atoms with Crippen molar-refractivity contribution < 1.29 is 14.0 Å². The lowest BCUT2D eigenvalue weighted by molar-refractivity contribution is 0.0984. The lowest BCUT2D eigenvalue weighted by Crippen LogP contribution is -1.47. The molecule has 0 fully saturated rings. The monoisotopic (exact) mass is 132 g/mol. The summed E-state index contributed by atoms with van der Waals surface area (Å²) in [4.78, 5) is 0. The average molecular weight is 132 g/mol. The van der Waals surface area contributed by atoms with Crippen molar-refractivity contribution in [1.29, 1.82) is 0 Å². The Kier molecular flexibility index (Phi) is 1.65. The van der Waals surface area contributed by atoms with Crippen molar-refractivity contribution in [2.75, 3.05) is 0 Å². The molecule has 0 aliphatic rings. The number of hydrogen-bond acceptors (Lipinski definition) is 3. The van der Waals surface area contributed by atoms with Crippen LogP contribution in [0.1, 0.15) is 0 Å². The maximum Gasteiger partial charge on any atom is 0.184 e. The van der Waals surface area contributed by atoms with E-state index in [0.717, 1.165) is 6.26 Å². The van der Waals surface area contributed by atoms with Gasteiger partial charge in [0.15, 0.2) is 12.0 Å². The Labute approximate surface area is 47.4 Å². The standard InChI is InChI=1S/C4H5O3P/c5-4-1-2-8-7-6-3-4/h1-3,5,8H. The zero-order chi connectivity index (χ0) is 5.82. The average Bonchev–Trinajstić information content (AvgIpc) is 1.94. The SMILES string of the molecule is Oc1cc[pH]ooc1. The summed E-state index contributed by atoms with van der Waals surface area (Å²) < 4.78 is 8.81. The molecule has 1 heterocycles. The summed E-state index contributed by atoms with van der Waals surface area (Å²) in [5, 5.41) is 8.66. The second kappa shape index (κ2) is 2.48. The maximum absolute atomic E-state index is 8.66. The van der Waals surface area contributed by atoms with E-state index < -0.39 is 0 Å². The summed E-state index contributed by atoms with van der Waals surface area (Å²) in [6, 6.07) is 1.52. The zero-order valence-electron chi connectivity index (χ0n) is 4.00. The second-order valence-corrected chi connectivity index (χ2v) is 1.91. The first-order chi connectivity index (χ1) is 3.89. The molecule has 0 saturated heterocycles. The van der Waals surface area contributed by atoms with E-state index >= 15 is 0 Å². The van der Waals surface area contributed by atoms with Gasteiger partial charge in [0.1, 0.15) is 0 Å². The fraction of sp³-hybridized carbons (Fsp3) is 0. The van der Waals surface area contributed by atoms with Gasteiger partial charge in [-0.25, -0.2) is 0 Å². The Bertz CT molecular complexity index is 165. The van der Waals surface area contributed by atoms with Gasteiger partial charge in [0.25, 0.3) is 0 Å². The summed E-state index contributed by atoms with van der Waals surface area (Å²) in [6.07, 6.45) is 1.14. The number of hydrogen-bond donors (Lipinski definition) is 1. The largest absolute Gasteiger partial charge is 0.505 e. The summed E-state index contributed by atoms with van der Waals surface area (Å²) in [6.45, 7) is 0. The lowest BCUT2D eigenvalue weighted by Gasteiger charge is -1.72. The Morgan fingerprint density at radius 1 is 1.62 bits per heavy atom. The fourth-order valence-corrected chi connectivity index (χ4v) is 0.686. The molecule has 1 aromatic rings. The van der Waals surface area contributed by atoms with E-state index in [9.17, 15) is 0 Å². The third-order valence-electron chi connectivity index (χ3n) is 0.587. The second-order valence-electron chi connectivity index (χ2n) is 1.17. The smallest absolute Gasteiger partial charge is 0.184 e. The molecule has 0 radical (unpaired) electrons. The van der Waals surface area contributed by atoms with Crippen LogP contribution in [-0.2, 0) is 0 Å². The molecule has 1 atom stereocenters. The van der Waals surface area contributed by atoms with Crippen LogP contribution in [0.5, 0.6) is 5.75 Å². The molecule has 0 aromatic carbocycles. The maximum atomic E-state index is 8.66. The van der Waals surface area contributed by atoms with E-state index in [1.807, 2.05) is 0 Å². The molecule has 1 unspecified atom stereocenters. The molecular weight excluding hydrogens is 127 g/mol. The normalized spacial score (nSPS) is 9.50. The van der Waals surface area contributed by atoms with Crippen LogP contribution in [0.2, 0.25) is 0 Å². The molecule has 44 valence electrons. The molecule has 8 heavy (non-hydrogen) atoms. The minimum atomic E-state index is 0.0787. The molecular formula is C4H5O3P. The van der Waals surface area contributed by atoms with Crippen molar-refractivity contribution in [2.24, 2.45) is 0 Å². The molecule has 0 amide bonds. The molecule has 3 nitrogen and oxygen atoms in total. The first-order valence-electron chi connectivity index (χ1n) is 2.03. The van der Waals surface area contributed by atoms with Gasteiger partial charge >= 0.3 is 0 Å². The van der Waals surface area contributed by atoms with Crippen LogP contribution >= 0.6 is 8.43 Å². The summed E-state index contributed by atoms with van der Waals surface area (Å²) in [7, 11) is 0.166. The Hall–Kier alpha value is -0.820. The van der Waals surface area contributed by atoms with Crippen molar-refractivity contribution in [2.45, 2.75) is 0 Å². The summed E-state index contributed by atoms with van der Waals surface area (Å²) in [5.74, 6) is 1.76. The van der Waals surface area contributed by atoms with E-state index in [4.69, 9.17) is 5.11 Å². The fourth-order valence-electron chi connectivity index (χ4n) is 0.288. The highest BCUT2D eigenvalue weighted by Gasteiger charge is 1.77. The minimum absolute atomic E-state index is 0.0787. The molecule has 0 aliphatic heterocycles. The zero-order valence-corrected chi connectivity index (χ0v) is 5.00. The molecule has 1 rings (SSSR count). The predicted octanol–water partition coefficient (Wildman–Crippen LogP) is 1.73. The van der Waals surface area contributed by atoms with Gasteiger partial charge in [-0.15, -0.1) is 0 Å². The Balaban J connectivity index is 3.12. The number of aromatic hydroxyl groups is 1. The van der Waals surface area contributed by atoms with Gasteiger partial charge in [-0.3, -0.25) is 8.93 Å². The van der Waals surface area contributed by atoms with Gasteiger partial charge < -0.3 is 5.11 Å². The quantitative estimate of drug-likeness (QED) is 0.546.